The number of benzene rings is 1. The lowest BCUT2D eigenvalue weighted by molar-refractivity contribution is -0.139. The lowest BCUT2D eigenvalue weighted by atomic mass is 9.68. The predicted octanol–water partition coefficient (Wildman–Crippen LogP) is 3.07. The molecular formula is C22H23N3O3. The number of nitriles is 1. The lowest BCUT2D eigenvalue weighted by Gasteiger charge is -2.51. The maximum atomic E-state index is 12.4. The molecular weight excluding hydrogens is 354 g/mol. The van der Waals surface area contributed by atoms with Gasteiger partial charge in [-0.2, -0.15) is 5.26 Å². The van der Waals surface area contributed by atoms with Crippen LogP contribution in [0.5, 0.6) is 0 Å². The molecule has 1 saturated heterocycles. The molecule has 5 atom stereocenters. The summed E-state index contributed by atoms with van der Waals surface area (Å²) in [5.74, 6) is -0.467. The van der Waals surface area contributed by atoms with Gasteiger partial charge in [-0.25, -0.2) is 4.79 Å². The minimum Gasteiger partial charge on any atom is -0.497 e. The number of methoxy groups -OCH3 is 1. The molecule has 0 bridgehead atoms. The Kier molecular flexibility index (Phi) is 3.95. The van der Waals surface area contributed by atoms with Crippen molar-refractivity contribution >= 4 is 16.9 Å². The average Bonchev–Trinajstić information content (AvgIpc) is 3.11. The van der Waals surface area contributed by atoms with Crippen LogP contribution in [-0.2, 0) is 20.7 Å². The Hall–Kier alpha value is -2.78. The standard InChI is InChI=1S/C22H23N3O3/c1-12-20-15(16(11-28-12)22(26)27-2)9-18-21-14(7-8-25(18)19(20)10-23)13-5-3-4-6-17(13)24-21/h3-6,11-12,15,18-20,24H,7-9H2,1-2H3/t12-,15-,18-,19-,20+/m0/s1. The second-order valence-corrected chi connectivity index (χ2v) is 7.97. The number of esters is 1. The van der Waals surface area contributed by atoms with Gasteiger partial charge in [-0.1, -0.05) is 18.2 Å². The maximum Gasteiger partial charge on any atom is 0.337 e. The van der Waals surface area contributed by atoms with E-state index in [0.717, 1.165) is 24.9 Å². The highest BCUT2D eigenvalue weighted by atomic mass is 16.5. The zero-order chi connectivity index (χ0) is 19.4. The Bertz CT molecular complexity index is 1020. The van der Waals surface area contributed by atoms with Crippen molar-refractivity contribution < 1.29 is 14.3 Å². The van der Waals surface area contributed by atoms with Gasteiger partial charge in [0.2, 0.25) is 0 Å². The van der Waals surface area contributed by atoms with Crippen LogP contribution in [0.4, 0.5) is 0 Å². The number of rotatable bonds is 1. The van der Waals surface area contributed by atoms with E-state index in [9.17, 15) is 10.1 Å². The Labute approximate surface area is 163 Å². The minimum atomic E-state index is -0.361. The van der Waals surface area contributed by atoms with Gasteiger partial charge in [-0.05, 0) is 31.4 Å². The summed E-state index contributed by atoms with van der Waals surface area (Å²) >= 11 is 0. The second kappa shape index (κ2) is 6.39. The number of aromatic amines is 1. The Morgan fingerprint density at radius 2 is 2.21 bits per heavy atom. The van der Waals surface area contributed by atoms with Gasteiger partial charge >= 0.3 is 5.97 Å². The maximum absolute atomic E-state index is 12.4. The molecule has 2 aromatic rings. The summed E-state index contributed by atoms with van der Waals surface area (Å²) in [6.07, 6.45) is 3.13. The Morgan fingerprint density at radius 3 is 3.00 bits per heavy atom. The Balaban J connectivity index is 1.62. The SMILES string of the molecule is COC(=O)C1=CO[C@@H](C)[C@@H]2[C@H]1C[C@H]1c3[nH]c4ccccc4c3CCN1[C@H]2C#N. The van der Waals surface area contributed by atoms with Gasteiger partial charge < -0.3 is 14.5 Å². The minimum absolute atomic E-state index is 0.0497. The molecule has 0 saturated carbocycles. The Morgan fingerprint density at radius 1 is 1.39 bits per heavy atom. The van der Waals surface area contributed by atoms with Gasteiger partial charge in [0.15, 0.2) is 0 Å². The van der Waals surface area contributed by atoms with Crippen LogP contribution >= 0.6 is 0 Å². The van der Waals surface area contributed by atoms with Crippen LogP contribution in [0, 0.1) is 23.2 Å². The fourth-order valence-electron chi connectivity index (χ4n) is 5.52. The first-order valence-corrected chi connectivity index (χ1v) is 9.82. The molecule has 6 nitrogen and oxygen atoms in total. The lowest BCUT2D eigenvalue weighted by Crippen LogP contribution is -2.57. The summed E-state index contributed by atoms with van der Waals surface area (Å²) in [6, 6.07) is 10.7. The molecule has 1 N–H and O–H groups in total. The van der Waals surface area contributed by atoms with Crippen molar-refractivity contribution in [3.05, 3.63) is 47.4 Å². The van der Waals surface area contributed by atoms with E-state index in [-0.39, 0.29) is 36.0 Å². The number of H-pyrrole nitrogens is 1. The number of piperidine rings is 1. The smallest absolute Gasteiger partial charge is 0.337 e. The molecule has 3 aliphatic rings. The van der Waals surface area contributed by atoms with Gasteiger partial charge in [-0.3, -0.25) is 4.90 Å². The van der Waals surface area contributed by atoms with Gasteiger partial charge in [0.1, 0.15) is 12.1 Å². The number of nitrogens with one attached hydrogen (secondary N) is 1. The summed E-state index contributed by atoms with van der Waals surface area (Å²) in [4.78, 5) is 18.3. The molecule has 1 aromatic carbocycles. The number of fused-ring (bicyclic) bond motifs is 6. The molecule has 4 heterocycles. The van der Waals surface area contributed by atoms with E-state index in [1.807, 2.05) is 13.0 Å². The van der Waals surface area contributed by atoms with Crippen LogP contribution in [0.25, 0.3) is 10.9 Å². The number of hydrogen-bond donors (Lipinski definition) is 1. The van der Waals surface area contributed by atoms with E-state index in [0.29, 0.717) is 5.57 Å². The van der Waals surface area contributed by atoms with Crippen molar-refractivity contribution in [3.8, 4) is 6.07 Å². The highest BCUT2D eigenvalue weighted by molar-refractivity contribution is 5.89. The van der Waals surface area contributed by atoms with Crippen LogP contribution in [0.3, 0.4) is 0 Å². The summed E-state index contributed by atoms with van der Waals surface area (Å²) in [5, 5.41) is 11.3. The molecule has 1 fully saturated rings. The number of nitrogens with zero attached hydrogens (tertiary/aromatic N) is 2. The summed E-state index contributed by atoms with van der Waals surface area (Å²) < 4.78 is 10.8. The summed E-state index contributed by atoms with van der Waals surface area (Å²) in [5.41, 5.74) is 4.22. The third kappa shape index (κ3) is 2.33. The topological polar surface area (TPSA) is 78.3 Å². The molecule has 144 valence electrons. The zero-order valence-electron chi connectivity index (χ0n) is 16.0. The van der Waals surface area contributed by atoms with Crippen molar-refractivity contribution in [1.29, 1.82) is 5.26 Å². The predicted molar refractivity (Wildman–Crippen MR) is 103 cm³/mol. The fourth-order valence-corrected chi connectivity index (χ4v) is 5.52. The first-order chi connectivity index (χ1) is 13.6. The number of hydrogen-bond acceptors (Lipinski definition) is 5. The number of para-hydroxylation sites is 1. The van der Waals surface area contributed by atoms with Crippen LogP contribution in [0.15, 0.2) is 36.1 Å². The average molecular weight is 377 g/mol. The third-order valence-corrected chi connectivity index (χ3v) is 6.77. The van der Waals surface area contributed by atoms with Crippen LogP contribution in [0.2, 0.25) is 0 Å². The van der Waals surface area contributed by atoms with Crippen LogP contribution in [-0.4, -0.2) is 41.7 Å². The van der Waals surface area contributed by atoms with Crippen molar-refractivity contribution in [2.45, 2.75) is 38.0 Å². The molecule has 5 rings (SSSR count). The van der Waals surface area contributed by atoms with Gasteiger partial charge in [0.05, 0.1) is 31.1 Å². The summed E-state index contributed by atoms with van der Waals surface area (Å²) in [6.45, 7) is 2.83. The molecule has 0 radical (unpaired) electrons. The van der Waals surface area contributed by atoms with Gasteiger partial charge in [0.25, 0.3) is 0 Å². The van der Waals surface area contributed by atoms with Crippen molar-refractivity contribution in [2.24, 2.45) is 11.8 Å². The molecule has 28 heavy (non-hydrogen) atoms. The number of carbonyl (C=O) groups excluding carboxylic acids is 1. The first kappa shape index (κ1) is 17.3. The van der Waals surface area contributed by atoms with E-state index >= 15 is 0 Å². The van der Waals surface area contributed by atoms with E-state index in [2.05, 4.69) is 34.2 Å². The van der Waals surface area contributed by atoms with Crippen LogP contribution < -0.4 is 0 Å². The highest BCUT2D eigenvalue weighted by Crippen LogP contribution is 2.50. The number of carbonyl (C=O) groups is 1. The van der Waals surface area contributed by atoms with E-state index < -0.39 is 0 Å². The highest BCUT2D eigenvalue weighted by Gasteiger charge is 2.52. The van der Waals surface area contributed by atoms with Crippen molar-refractivity contribution in [1.82, 2.24) is 9.88 Å². The van der Waals surface area contributed by atoms with Gasteiger partial charge in [0, 0.05) is 35.0 Å². The molecule has 6 heteroatoms. The molecule has 3 aliphatic heterocycles. The largest absolute Gasteiger partial charge is 0.497 e. The quantitative estimate of drug-likeness (QED) is 0.773. The second-order valence-electron chi connectivity index (χ2n) is 7.97. The van der Waals surface area contributed by atoms with E-state index in [1.165, 1.54) is 23.8 Å². The normalized spacial score (nSPS) is 31.6. The molecule has 0 unspecified atom stereocenters. The molecule has 1 aromatic heterocycles. The van der Waals surface area contributed by atoms with Crippen molar-refractivity contribution in [3.63, 3.8) is 0 Å². The van der Waals surface area contributed by atoms with Crippen LogP contribution in [0.1, 0.15) is 30.6 Å². The summed E-state index contributed by atoms with van der Waals surface area (Å²) in [7, 11) is 1.39. The third-order valence-electron chi connectivity index (χ3n) is 6.77. The van der Waals surface area contributed by atoms with Crippen molar-refractivity contribution in [2.75, 3.05) is 13.7 Å². The zero-order valence-corrected chi connectivity index (χ0v) is 16.0. The number of ether oxygens (including phenoxy) is 2. The molecule has 0 aliphatic carbocycles. The van der Waals surface area contributed by atoms with E-state index in [4.69, 9.17) is 9.47 Å². The van der Waals surface area contributed by atoms with E-state index in [1.54, 1.807) is 6.26 Å². The first-order valence-electron chi connectivity index (χ1n) is 9.82. The number of aromatic nitrogens is 1. The monoisotopic (exact) mass is 377 g/mol. The fraction of sp³-hybridized carbons (Fsp3) is 0.455. The van der Waals surface area contributed by atoms with Gasteiger partial charge in [-0.15, -0.1) is 0 Å². The molecule has 0 spiro atoms. The molecule has 0 amide bonds.